The number of halogens is 1. The second kappa shape index (κ2) is 7.85. The van der Waals surface area contributed by atoms with Gasteiger partial charge in [0, 0.05) is 10.2 Å². The number of thioether (sulfide) groups is 1. The van der Waals surface area contributed by atoms with Crippen LogP contribution in [0.4, 0.5) is 0 Å². The van der Waals surface area contributed by atoms with Crippen LogP contribution in [-0.2, 0) is 12.4 Å². The number of nitrogens with zero attached hydrogens (tertiary/aromatic N) is 2. The fourth-order valence-corrected chi connectivity index (χ4v) is 3.08. The van der Waals surface area contributed by atoms with Crippen LogP contribution in [0.25, 0.3) is 0 Å². The number of benzene rings is 2. The Kier molecular flexibility index (Phi) is 5.58. The molecule has 3 rings (SSSR count). The van der Waals surface area contributed by atoms with E-state index >= 15 is 0 Å². The minimum atomic E-state index is 0.274. The quantitative estimate of drug-likeness (QED) is 0.520. The van der Waals surface area contributed by atoms with Crippen LogP contribution in [-0.4, -0.2) is 10.2 Å². The summed E-state index contributed by atoms with van der Waals surface area (Å²) in [6, 6.07) is 14.3. The van der Waals surface area contributed by atoms with Crippen LogP contribution >= 0.6 is 27.7 Å². The average molecular weight is 405 g/mol. The summed E-state index contributed by atoms with van der Waals surface area (Å²) in [6.45, 7) is 4.33. The lowest BCUT2D eigenvalue weighted by Gasteiger charge is -2.07. The van der Waals surface area contributed by atoms with Crippen molar-refractivity contribution in [3.63, 3.8) is 0 Å². The lowest BCUT2D eigenvalue weighted by molar-refractivity contribution is 0.250. The number of aryl methyl sites for hydroxylation is 2. The maximum absolute atomic E-state index is 5.78. The molecule has 2 aromatic carbocycles. The molecule has 0 radical (unpaired) electrons. The van der Waals surface area contributed by atoms with Gasteiger partial charge in [-0.05, 0) is 48.7 Å². The van der Waals surface area contributed by atoms with Gasteiger partial charge >= 0.3 is 0 Å². The summed E-state index contributed by atoms with van der Waals surface area (Å²) in [4.78, 5) is 0. The van der Waals surface area contributed by atoms with E-state index in [0.29, 0.717) is 11.1 Å². The minimum absolute atomic E-state index is 0.274. The highest BCUT2D eigenvalue weighted by atomic mass is 79.9. The fourth-order valence-electron chi connectivity index (χ4n) is 2.08. The Morgan fingerprint density at radius 2 is 1.88 bits per heavy atom. The first-order chi connectivity index (χ1) is 11.6. The van der Waals surface area contributed by atoms with Gasteiger partial charge in [-0.1, -0.05) is 52.0 Å². The van der Waals surface area contributed by atoms with E-state index in [1.807, 2.05) is 38.1 Å². The molecule has 24 heavy (non-hydrogen) atoms. The smallest absolute Gasteiger partial charge is 0.277 e. The van der Waals surface area contributed by atoms with Crippen LogP contribution < -0.4 is 4.74 Å². The van der Waals surface area contributed by atoms with Gasteiger partial charge in [0.2, 0.25) is 0 Å². The maximum atomic E-state index is 5.78. The molecule has 0 saturated carbocycles. The number of hydrogen-bond donors (Lipinski definition) is 0. The summed E-state index contributed by atoms with van der Waals surface area (Å²) >= 11 is 4.95. The summed E-state index contributed by atoms with van der Waals surface area (Å²) in [5.74, 6) is 2.11. The van der Waals surface area contributed by atoms with Crippen molar-refractivity contribution in [2.24, 2.45) is 0 Å². The van der Waals surface area contributed by atoms with E-state index in [4.69, 9.17) is 9.15 Å². The second-order valence-corrected chi connectivity index (χ2v) is 7.28. The van der Waals surface area contributed by atoms with E-state index in [0.717, 1.165) is 27.1 Å². The van der Waals surface area contributed by atoms with Gasteiger partial charge in [-0.3, -0.25) is 0 Å². The van der Waals surface area contributed by atoms with Gasteiger partial charge in [0.1, 0.15) is 5.75 Å². The zero-order valence-electron chi connectivity index (χ0n) is 13.5. The Morgan fingerprint density at radius 3 is 2.67 bits per heavy atom. The zero-order valence-corrected chi connectivity index (χ0v) is 15.9. The van der Waals surface area contributed by atoms with Crippen LogP contribution in [0.3, 0.4) is 0 Å². The lowest BCUT2D eigenvalue weighted by Crippen LogP contribution is -1.97. The third-order valence-corrected chi connectivity index (χ3v) is 4.84. The molecule has 6 heteroatoms. The topological polar surface area (TPSA) is 48.2 Å². The molecule has 0 fully saturated rings. The molecule has 0 aliphatic rings. The number of aromatic nitrogens is 2. The van der Waals surface area contributed by atoms with Crippen molar-refractivity contribution in [2.45, 2.75) is 31.4 Å². The SMILES string of the molecule is Cc1ccc(C)c(OCc2nnc(SCc3ccc(Br)cc3)o2)c1. The minimum Gasteiger partial charge on any atom is -0.484 e. The van der Waals surface area contributed by atoms with Gasteiger partial charge in [0.25, 0.3) is 11.1 Å². The van der Waals surface area contributed by atoms with Gasteiger partial charge in [0.05, 0.1) is 0 Å². The summed E-state index contributed by atoms with van der Waals surface area (Å²) in [5, 5.41) is 8.65. The highest BCUT2D eigenvalue weighted by Crippen LogP contribution is 2.24. The third-order valence-electron chi connectivity index (χ3n) is 3.42. The molecule has 4 nitrogen and oxygen atoms in total. The second-order valence-electron chi connectivity index (χ2n) is 5.43. The summed E-state index contributed by atoms with van der Waals surface area (Å²) in [6.07, 6.45) is 0. The summed E-state index contributed by atoms with van der Waals surface area (Å²) in [7, 11) is 0. The van der Waals surface area contributed by atoms with Gasteiger partial charge < -0.3 is 9.15 Å². The number of rotatable bonds is 6. The molecule has 1 heterocycles. The van der Waals surface area contributed by atoms with Gasteiger partial charge in [0.15, 0.2) is 6.61 Å². The van der Waals surface area contributed by atoms with E-state index in [1.54, 1.807) is 0 Å². The van der Waals surface area contributed by atoms with E-state index in [1.165, 1.54) is 17.3 Å². The third kappa shape index (κ3) is 4.61. The van der Waals surface area contributed by atoms with Crippen LogP contribution in [0.2, 0.25) is 0 Å². The Morgan fingerprint density at radius 1 is 1.08 bits per heavy atom. The van der Waals surface area contributed by atoms with Crippen LogP contribution in [0, 0.1) is 13.8 Å². The number of ether oxygens (including phenoxy) is 1. The molecule has 0 unspecified atom stereocenters. The van der Waals surface area contributed by atoms with Crippen LogP contribution in [0.5, 0.6) is 5.75 Å². The van der Waals surface area contributed by atoms with Gasteiger partial charge in [-0.2, -0.15) is 0 Å². The van der Waals surface area contributed by atoms with Crippen molar-refractivity contribution in [1.29, 1.82) is 0 Å². The largest absolute Gasteiger partial charge is 0.484 e. The molecular formula is C18H17BrN2O2S. The van der Waals surface area contributed by atoms with Crippen LogP contribution in [0.15, 0.2) is 56.6 Å². The first kappa shape index (κ1) is 17.0. The molecular weight excluding hydrogens is 388 g/mol. The summed E-state index contributed by atoms with van der Waals surface area (Å²) in [5.41, 5.74) is 3.45. The average Bonchev–Trinajstić information content (AvgIpc) is 3.03. The van der Waals surface area contributed by atoms with Gasteiger partial charge in [-0.15, -0.1) is 10.2 Å². The van der Waals surface area contributed by atoms with Crippen molar-refractivity contribution < 1.29 is 9.15 Å². The van der Waals surface area contributed by atoms with E-state index in [9.17, 15) is 0 Å². The molecule has 0 N–H and O–H groups in total. The Labute approximate surface area is 153 Å². The summed E-state index contributed by atoms with van der Waals surface area (Å²) < 4.78 is 12.5. The molecule has 0 aliphatic heterocycles. The van der Waals surface area contributed by atoms with Crippen molar-refractivity contribution >= 4 is 27.7 Å². The molecule has 0 amide bonds. The zero-order chi connectivity index (χ0) is 16.9. The Bertz CT molecular complexity index is 818. The van der Waals surface area contributed by atoms with Crippen molar-refractivity contribution in [3.8, 4) is 5.75 Å². The van der Waals surface area contributed by atoms with Crippen LogP contribution in [0.1, 0.15) is 22.6 Å². The van der Waals surface area contributed by atoms with E-state index < -0.39 is 0 Å². The standard InChI is InChI=1S/C18H17BrN2O2S/c1-12-3-4-13(2)16(9-12)22-10-17-20-21-18(23-17)24-11-14-5-7-15(19)8-6-14/h3-9H,10-11H2,1-2H3. The molecule has 0 saturated heterocycles. The Hall–Kier alpha value is -1.79. The van der Waals surface area contributed by atoms with Crippen molar-refractivity contribution in [3.05, 3.63) is 69.5 Å². The molecule has 3 aromatic rings. The molecule has 124 valence electrons. The lowest BCUT2D eigenvalue weighted by atomic mass is 10.1. The Balaban J connectivity index is 1.55. The predicted molar refractivity (Wildman–Crippen MR) is 98.2 cm³/mol. The molecule has 1 aromatic heterocycles. The fraction of sp³-hybridized carbons (Fsp3) is 0.222. The predicted octanol–water partition coefficient (Wildman–Crippen LogP) is 5.32. The first-order valence-corrected chi connectivity index (χ1v) is 9.28. The molecule has 0 bridgehead atoms. The number of hydrogen-bond acceptors (Lipinski definition) is 5. The highest BCUT2D eigenvalue weighted by Gasteiger charge is 2.09. The molecule has 0 spiro atoms. The normalized spacial score (nSPS) is 10.8. The molecule has 0 aliphatic carbocycles. The monoisotopic (exact) mass is 404 g/mol. The van der Waals surface area contributed by atoms with E-state index in [-0.39, 0.29) is 6.61 Å². The van der Waals surface area contributed by atoms with Crippen molar-refractivity contribution in [2.75, 3.05) is 0 Å². The maximum Gasteiger partial charge on any atom is 0.277 e. The first-order valence-electron chi connectivity index (χ1n) is 7.50. The van der Waals surface area contributed by atoms with Gasteiger partial charge in [-0.25, -0.2) is 0 Å². The molecule has 0 atom stereocenters. The highest BCUT2D eigenvalue weighted by molar-refractivity contribution is 9.10. The van der Waals surface area contributed by atoms with Crippen molar-refractivity contribution in [1.82, 2.24) is 10.2 Å². The van der Waals surface area contributed by atoms with E-state index in [2.05, 4.69) is 44.3 Å².